The van der Waals surface area contributed by atoms with Crippen LogP contribution in [-0.4, -0.2) is 10.1 Å². The highest BCUT2D eigenvalue weighted by atomic mass is 16.5. The number of benzene rings is 1. The zero-order valence-electron chi connectivity index (χ0n) is 10.2. The molecule has 0 aliphatic heterocycles. The second kappa shape index (κ2) is 5.12. The number of hydrogen-bond donors (Lipinski definition) is 1. The van der Waals surface area contributed by atoms with Crippen LogP contribution in [0, 0.1) is 0 Å². The van der Waals surface area contributed by atoms with E-state index in [0.717, 1.165) is 16.7 Å². The Morgan fingerprint density at radius 3 is 2.84 bits per heavy atom. The molecule has 0 radical (unpaired) electrons. The first-order chi connectivity index (χ1) is 9.36. The van der Waals surface area contributed by atoms with E-state index in [-0.39, 0.29) is 6.61 Å². The summed E-state index contributed by atoms with van der Waals surface area (Å²) in [7, 11) is 0. The van der Waals surface area contributed by atoms with E-state index in [2.05, 4.69) is 4.98 Å². The summed E-state index contributed by atoms with van der Waals surface area (Å²) < 4.78 is 10.8. The van der Waals surface area contributed by atoms with E-state index in [1.807, 2.05) is 36.4 Å². The van der Waals surface area contributed by atoms with Gasteiger partial charge in [0.15, 0.2) is 0 Å². The molecule has 4 nitrogen and oxygen atoms in total. The van der Waals surface area contributed by atoms with Gasteiger partial charge in [0.25, 0.3) is 0 Å². The lowest BCUT2D eigenvalue weighted by atomic mass is 10.1. The van der Waals surface area contributed by atoms with Crippen molar-refractivity contribution in [3.05, 3.63) is 60.1 Å². The van der Waals surface area contributed by atoms with E-state index in [1.165, 1.54) is 0 Å². The average Bonchev–Trinajstić information content (AvgIpc) is 2.97. The number of rotatable bonds is 4. The minimum absolute atomic E-state index is 0.106. The van der Waals surface area contributed by atoms with Crippen LogP contribution in [0.25, 0.3) is 10.9 Å². The van der Waals surface area contributed by atoms with Crippen LogP contribution in [0.2, 0.25) is 0 Å². The Balaban J connectivity index is 1.92. The highest BCUT2D eigenvalue weighted by Crippen LogP contribution is 2.23. The van der Waals surface area contributed by atoms with Gasteiger partial charge in [-0.15, -0.1) is 0 Å². The minimum atomic E-state index is -0.106. The van der Waals surface area contributed by atoms with Crippen LogP contribution < -0.4 is 4.74 Å². The predicted octanol–water partition coefficient (Wildman–Crippen LogP) is 2.90. The van der Waals surface area contributed by atoms with E-state index in [1.54, 1.807) is 12.3 Å². The first-order valence-corrected chi connectivity index (χ1v) is 6.01. The lowest BCUT2D eigenvalue weighted by Gasteiger charge is -2.09. The van der Waals surface area contributed by atoms with Gasteiger partial charge in [-0.2, -0.15) is 0 Å². The smallest absolute Gasteiger partial charge is 0.219 e. The lowest BCUT2D eigenvalue weighted by molar-refractivity contribution is 0.238. The second-order valence-corrected chi connectivity index (χ2v) is 4.17. The Labute approximate surface area is 110 Å². The fraction of sp³-hybridized carbons (Fsp3) is 0.133. The second-order valence-electron chi connectivity index (χ2n) is 4.17. The molecule has 0 fully saturated rings. The van der Waals surface area contributed by atoms with Gasteiger partial charge in [0.05, 0.1) is 18.4 Å². The standard InChI is InChI=1S/C15H13NO3/c17-9-12-8-11-4-1-2-6-14(11)16-15(12)19-10-13-5-3-7-18-13/h1-8,17H,9-10H2. The highest BCUT2D eigenvalue weighted by Gasteiger charge is 2.08. The number of hydrogen-bond acceptors (Lipinski definition) is 4. The molecule has 2 heterocycles. The van der Waals surface area contributed by atoms with Gasteiger partial charge in [-0.25, -0.2) is 4.98 Å². The third kappa shape index (κ3) is 2.44. The Morgan fingerprint density at radius 1 is 1.16 bits per heavy atom. The Kier molecular flexibility index (Phi) is 3.16. The maximum atomic E-state index is 9.39. The molecular weight excluding hydrogens is 242 g/mol. The summed E-state index contributed by atoms with van der Waals surface area (Å²) in [6.07, 6.45) is 1.60. The van der Waals surface area contributed by atoms with Gasteiger partial charge in [0, 0.05) is 10.9 Å². The summed E-state index contributed by atoms with van der Waals surface area (Å²) >= 11 is 0. The van der Waals surface area contributed by atoms with Crippen molar-refractivity contribution in [3.8, 4) is 5.88 Å². The molecule has 96 valence electrons. The summed E-state index contributed by atoms with van der Waals surface area (Å²) in [6, 6.07) is 13.3. The zero-order chi connectivity index (χ0) is 13.1. The number of aromatic nitrogens is 1. The highest BCUT2D eigenvalue weighted by molar-refractivity contribution is 5.79. The van der Waals surface area contributed by atoms with Gasteiger partial charge < -0.3 is 14.3 Å². The van der Waals surface area contributed by atoms with Crippen LogP contribution >= 0.6 is 0 Å². The first kappa shape index (κ1) is 11.7. The zero-order valence-corrected chi connectivity index (χ0v) is 10.2. The van der Waals surface area contributed by atoms with E-state index in [4.69, 9.17) is 9.15 Å². The van der Waals surface area contributed by atoms with Crippen molar-refractivity contribution in [1.82, 2.24) is 4.98 Å². The molecule has 0 atom stereocenters. The maximum Gasteiger partial charge on any atom is 0.219 e. The third-order valence-corrected chi connectivity index (χ3v) is 2.86. The van der Waals surface area contributed by atoms with E-state index >= 15 is 0 Å². The van der Waals surface area contributed by atoms with Crippen molar-refractivity contribution < 1.29 is 14.3 Å². The molecule has 1 aromatic carbocycles. The molecule has 2 aromatic heterocycles. The maximum absolute atomic E-state index is 9.39. The van der Waals surface area contributed by atoms with Gasteiger partial charge >= 0.3 is 0 Å². The average molecular weight is 255 g/mol. The van der Waals surface area contributed by atoms with Crippen LogP contribution in [0.5, 0.6) is 5.88 Å². The fourth-order valence-electron chi connectivity index (χ4n) is 1.91. The molecule has 0 aliphatic carbocycles. The molecule has 0 aliphatic rings. The van der Waals surface area contributed by atoms with Crippen molar-refractivity contribution in [2.45, 2.75) is 13.2 Å². The van der Waals surface area contributed by atoms with Crippen LogP contribution in [0.15, 0.2) is 53.1 Å². The van der Waals surface area contributed by atoms with Gasteiger partial charge in [0.2, 0.25) is 5.88 Å². The molecule has 0 bridgehead atoms. The van der Waals surface area contributed by atoms with E-state index in [0.29, 0.717) is 18.1 Å². The summed E-state index contributed by atoms with van der Waals surface area (Å²) in [6.45, 7) is 0.191. The number of ether oxygens (including phenoxy) is 1. The van der Waals surface area contributed by atoms with E-state index < -0.39 is 0 Å². The molecule has 19 heavy (non-hydrogen) atoms. The van der Waals surface area contributed by atoms with Crippen molar-refractivity contribution in [2.75, 3.05) is 0 Å². The number of furan rings is 1. The number of aliphatic hydroxyl groups is 1. The Hall–Kier alpha value is -2.33. The number of aliphatic hydroxyl groups excluding tert-OH is 1. The van der Waals surface area contributed by atoms with Crippen LogP contribution in [0.3, 0.4) is 0 Å². The largest absolute Gasteiger partial charge is 0.469 e. The Bertz CT molecular complexity index is 677. The van der Waals surface area contributed by atoms with Gasteiger partial charge in [0.1, 0.15) is 12.4 Å². The number of para-hydroxylation sites is 1. The fourth-order valence-corrected chi connectivity index (χ4v) is 1.91. The van der Waals surface area contributed by atoms with Crippen molar-refractivity contribution in [1.29, 1.82) is 0 Å². The predicted molar refractivity (Wildman–Crippen MR) is 70.7 cm³/mol. The van der Waals surface area contributed by atoms with Gasteiger partial charge in [-0.05, 0) is 24.3 Å². The van der Waals surface area contributed by atoms with Crippen molar-refractivity contribution in [2.24, 2.45) is 0 Å². The molecule has 1 N–H and O–H groups in total. The molecule has 0 amide bonds. The quantitative estimate of drug-likeness (QED) is 0.778. The summed E-state index contributed by atoms with van der Waals surface area (Å²) in [5.74, 6) is 1.16. The first-order valence-electron chi connectivity index (χ1n) is 6.01. The summed E-state index contributed by atoms with van der Waals surface area (Å²) in [5, 5.41) is 10.4. The number of fused-ring (bicyclic) bond motifs is 1. The van der Waals surface area contributed by atoms with Gasteiger partial charge in [-0.1, -0.05) is 18.2 Å². The normalized spacial score (nSPS) is 10.8. The van der Waals surface area contributed by atoms with Gasteiger partial charge in [-0.3, -0.25) is 0 Å². The van der Waals surface area contributed by atoms with Crippen molar-refractivity contribution in [3.63, 3.8) is 0 Å². The third-order valence-electron chi connectivity index (χ3n) is 2.86. The molecule has 0 spiro atoms. The van der Waals surface area contributed by atoms with Crippen molar-refractivity contribution >= 4 is 10.9 Å². The number of pyridine rings is 1. The van der Waals surface area contributed by atoms with E-state index in [9.17, 15) is 5.11 Å². The molecule has 3 rings (SSSR count). The molecule has 4 heteroatoms. The molecule has 0 saturated heterocycles. The molecule has 3 aromatic rings. The number of nitrogens with zero attached hydrogens (tertiary/aromatic N) is 1. The summed E-state index contributed by atoms with van der Waals surface area (Å²) in [4.78, 5) is 4.42. The van der Waals surface area contributed by atoms with Crippen LogP contribution in [0.1, 0.15) is 11.3 Å². The lowest BCUT2D eigenvalue weighted by Crippen LogP contribution is -2.00. The summed E-state index contributed by atoms with van der Waals surface area (Å²) in [5.41, 5.74) is 1.51. The SMILES string of the molecule is OCc1cc2ccccc2nc1OCc1ccco1. The van der Waals surface area contributed by atoms with Crippen LogP contribution in [-0.2, 0) is 13.2 Å². The molecule has 0 saturated carbocycles. The molecule has 0 unspecified atom stereocenters. The Morgan fingerprint density at radius 2 is 2.05 bits per heavy atom. The molecular formula is C15H13NO3. The van der Waals surface area contributed by atoms with Crippen LogP contribution in [0.4, 0.5) is 0 Å². The topological polar surface area (TPSA) is 55.5 Å². The minimum Gasteiger partial charge on any atom is -0.469 e. The monoisotopic (exact) mass is 255 g/mol.